The number of para-hydroxylation sites is 1. The summed E-state index contributed by atoms with van der Waals surface area (Å²) in [5.74, 6) is 0. The summed E-state index contributed by atoms with van der Waals surface area (Å²) < 4.78 is 0. The monoisotopic (exact) mass is 288 g/mol. The standard InChI is InChI=1S/C17H24N2S/c1-14-12-16(15(2)20-14)13-18-10-7-11-19(3)17-8-5-4-6-9-17/h4-6,8-9,12,18H,7,10-11,13H2,1-3H3. The highest BCUT2D eigenvalue weighted by Crippen LogP contribution is 2.20. The van der Waals surface area contributed by atoms with E-state index in [0.29, 0.717) is 0 Å². The lowest BCUT2D eigenvalue weighted by Gasteiger charge is -2.19. The van der Waals surface area contributed by atoms with Gasteiger partial charge < -0.3 is 10.2 Å². The lowest BCUT2D eigenvalue weighted by molar-refractivity contribution is 0.645. The zero-order valence-corrected chi connectivity index (χ0v) is 13.5. The normalized spacial score (nSPS) is 10.8. The van der Waals surface area contributed by atoms with Gasteiger partial charge >= 0.3 is 0 Å². The van der Waals surface area contributed by atoms with Gasteiger partial charge in [-0.1, -0.05) is 18.2 Å². The van der Waals surface area contributed by atoms with Crippen molar-refractivity contribution < 1.29 is 0 Å². The Hall–Kier alpha value is -1.32. The second-order valence-corrected chi connectivity index (χ2v) is 6.69. The third kappa shape index (κ3) is 4.36. The number of anilines is 1. The number of nitrogens with one attached hydrogen (secondary N) is 1. The summed E-state index contributed by atoms with van der Waals surface area (Å²) in [5.41, 5.74) is 2.74. The highest BCUT2D eigenvalue weighted by molar-refractivity contribution is 7.12. The molecule has 1 aromatic heterocycles. The Bertz CT molecular complexity index is 519. The van der Waals surface area contributed by atoms with Crippen LogP contribution in [0.25, 0.3) is 0 Å². The lowest BCUT2D eigenvalue weighted by atomic mass is 10.2. The summed E-state index contributed by atoms with van der Waals surface area (Å²) in [6, 6.07) is 12.8. The first-order chi connectivity index (χ1) is 9.66. The SMILES string of the molecule is Cc1cc(CNCCCN(C)c2ccccc2)c(C)s1. The van der Waals surface area contributed by atoms with E-state index in [-0.39, 0.29) is 0 Å². The largest absolute Gasteiger partial charge is 0.375 e. The number of benzene rings is 1. The van der Waals surface area contributed by atoms with Crippen molar-refractivity contribution in [1.29, 1.82) is 0 Å². The van der Waals surface area contributed by atoms with Crippen molar-refractivity contribution in [3.05, 3.63) is 51.7 Å². The minimum atomic E-state index is 0.991. The molecule has 0 spiro atoms. The molecule has 1 aromatic carbocycles. The van der Waals surface area contributed by atoms with Crippen LogP contribution < -0.4 is 10.2 Å². The molecule has 0 bridgehead atoms. The maximum atomic E-state index is 3.54. The first kappa shape index (κ1) is 15.1. The number of rotatable bonds is 7. The van der Waals surface area contributed by atoms with Gasteiger partial charge in [-0.15, -0.1) is 11.3 Å². The number of aryl methyl sites for hydroxylation is 2. The van der Waals surface area contributed by atoms with E-state index in [1.807, 2.05) is 11.3 Å². The summed E-state index contributed by atoms with van der Waals surface area (Å²) in [6.07, 6.45) is 1.16. The van der Waals surface area contributed by atoms with Crippen LogP contribution in [-0.4, -0.2) is 20.1 Å². The summed E-state index contributed by atoms with van der Waals surface area (Å²) in [7, 11) is 2.15. The van der Waals surface area contributed by atoms with Gasteiger partial charge in [0.15, 0.2) is 0 Å². The minimum Gasteiger partial charge on any atom is -0.375 e. The van der Waals surface area contributed by atoms with Crippen LogP contribution in [0.4, 0.5) is 5.69 Å². The van der Waals surface area contributed by atoms with Crippen LogP contribution in [0.1, 0.15) is 21.7 Å². The zero-order valence-electron chi connectivity index (χ0n) is 12.6. The van der Waals surface area contributed by atoms with Gasteiger partial charge in [0, 0.05) is 35.6 Å². The fourth-order valence-electron chi connectivity index (χ4n) is 2.33. The molecule has 0 saturated heterocycles. The fourth-order valence-corrected chi connectivity index (χ4v) is 3.28. The van der Waals surface area contributed by atoms with Gasteiger partial charge in [-0.3, -0.25) is 0 Å². The molecule has 20 heavy (non-hydrogen) atoms. The predicted molar refractivity (Wildman–Crippen MR) is 89.8 cm³/mol. The van der Waals surface area contributed by atoms with E-state index in [9.17, 15) is 0 Å². The molecule has 0 aliphatic rings. The first-order valence-corrected chi connectivity index (χ1v) is 8.01. The minimum absolute atomic E-state index is 0.991. The Morgan fingerprint density at radius 3 is 2.55 bits per heavy atom. The van der Waals surface area contributed by atoms with Gasteiger partial charge in [-0.05, 0) is 50.6 Å². The molecule has 0 saturated carbocycles. The third-order valence-electron chi connectivity index (χ3n) is 3.50. The molecular weight excluding hydrogens is 264 g/mol. The number of nitrogens with zero attached hydrogens (tertiary/aromatic N) is 1. The predicted octanol–water partition coefficient (Wildman–Crippen LogP) is 3.98. The Kier molecular flexibility index (Phi) is 5.62. The van der Waals surface area contributed by atoms with Crippen molar-refractivity contribution in [1.82, 2.24) is 5.32 Å². The van der Waals surface area contributed by atoms with Crippen molar-refractivity contribution in [2.45, 2.75) is 26.8 Å². The highest BCUT2D eigenvalue weighted by Gasteiger charge is 2.02. The van der Waals surface area contributed by atoms with Crippen molar-refractivity contribution in [2.24, 2.45) is 0 Å². The highest BCUT2D eigenvalue weighted by atomic mass is 32.1. The average Bonchev–Trinajstić information content (AvgIpc) is 2.77. The fraction of sp³-hybridized carbons (Fsp3) is 0.412. The average molecular weight is 288 g/mol. The molecule has 2 rings (SSSR count). The van der Waals surface area contributed by atoms with E-state index in [4.69, 9.17) is 0 Å². The van der Waals surface area contributed by atoms with E-state index < -0.39 is 0 Å². The second kappa shape index (κ2) is 7.46. The molecule has 1 heterocycles. The maximum absolute atomic E-state index is 3.54. The Morgan fingerprint density at radius 1 is 1.15 bits per heavy atom. The van der Waals surface area contributed by atoms with Crippen LogP contribution in [0.2, 0.25) is 0 Å². The molecule has 2 aromatic rings. The van der Waals surface area contributed by atoms with E-state index in [2.05, 4.69) is 67.5 Å². The summed E-state index contributed by atoms with van der Waals surface area (Å²) in [5, 5.41) is 3.54. The first-order valence-electron chi connectivity index (χ1n) is 7.19. The molecule has 2 nitrogen and oxygen atoms in total. The maximum Gasteiger partial charge on any atom is 0.0363 e. The molecule has 1 N–H and O–H groups in total. The van der Waals surface area contributed by atoms with Gasteiger partial charge in [0.25, 0.3) is 0 Å². The van der Waals surface area contributed by atoms with Crippen LogP contribution in [0, 0.1) is 13.8 Å². The van der Waals surface area contributed by atoms with Crippen molar-refractivity contribution >= 4 is 17.0 Å². The van der Waals surface area contributed by atoms with Crippen molar-refractivity contribution in [3.8, 4) is 0 Å². The van der Waals surface area contributed by atoms with Gasteiger partial charge in [0.1, 0.15) is 0 Å². The van der Waals surface area contributed by atoms with Crippen LogP contribution in [-0.2, 0) is 6.54 Å². The molecule has 0 radical (unpaired) electrons. The molecule has 0 fully saturated rings. The Balaban J connectivity index is 1.66. The van der Waals surface area contributed by atoms with E-state index >= 15 is 0 Å². The number of thiophene rings is 1. The molecule has 0 aliphatic carbocycles. The van der Waals surface area contributed by atoms with Gasteiger partial charge in [0.2, 0.25) is 0 Å². The lowest BCUT2D eigenvalue weighted by Crippen LogP contribution is -2.23. The van der Waals surface area contributed by atoms with Gasteiger partial charge in [0.05, 0.1) is 0 Å². The summed E-state index contributed by atoms with van der Waals surface area (Å²) >= 11 is 1.89. The molecule has 0 aliphatic heterocycles. The van der Waals surface area contributed by atoms with Crippen LogP contribution in [0.15, 0.2) is 36.4 Å². The number of hydrogen-bond acceptors (Lipinski definition) is 3. The number of hydrogen-bond donors (Lipinski definition) is 1. The second-order valence-electron chi connectivity index (χ2n) is 5.23. The quantitative estimate of drug-likeness (QED) is 0.775. The molecule has 0 amide bonds. The molecule has 108 valence electrons. The van der Waals surface area contributed by atoms with E-state index in [0.717, 1.165) is 26.1 Å². The zero-order chi connectivity index (χ0) is 14.4. The topological polar surface area (TPSA) is 15.3 Å². The van der Waals surface area contributed by atoms with Crippen LogP contribution in [0.3, 0.4) is 0 Å². The third-order valence-corrected chi connectivity index (χ3v) is 4.51. The van der Waals surface area contributed by atoms with Crippen molar-refractivity contribution in [3.63, 3.8) is 0 Å². The van der Waals surface area contributed by atoms with Crippen LogP contribution in [0.5, 0.6) is 0 Å². The molecule has 0 atom stereocenters. The van der Waals surface area contributed by atoms with Gasteiger partial charge in [-0.25, -0.2) is 0 Å². The van der Waals surface area contributed by atoms with E-state index in [1.165, 1.54) is 21.0 Å². The van der Waals surface area contributed by atoms with Gasteiger partial charge in [-0.2, -0.15) is 0 Å². The van der Waals surface area contributed by atoms with Crippen LogP contribution >= 0.6 is 11.3 Å². The summed E-state index contributed by atoms with van der Waals surface area (Å²) in [6.45, 7) is 7.52. The molecule has 0 unspecified atom stereocenters. The van der Waals surface area contributed by atoms with Crippen molar-refractivity contribution in [2.75, 3.05) is 25.0 Å². The molecular formula is C17H24N2S. The Morgan fingerprint density at radius 2 is 1.90 bits per heavy atom. The smallest absolute Gasteiger partial charge is 0.0363 e. The Labute approximate surface area is 126 Å². The summed E-state index contributed by atoms with van der Waals surface area (Å²) in [4.78, 5) is 5.15. The van der Waals surface area contributed by atoms with E-state index in [1.54, 1.807) is 0 Å². The molecule has 3 heteroatoms.